The number of aromatic nitrogens is 5. The van der Waals surface area contributed by atoms with Gasteiger partial charge in [-0.15, -0.1) is 0 Å². The minimum atomic E-state index is -0.145. The lowest BCUT2D eigenvalue weighted by atomic mass is 10.2. The normalized spacial score (nSPS) is 10.6. The number of carbonyl (C=O) groups excluding carboxylic acids is 1. The third kappa shape index (κ3) is 2.88. The summed E-state index contributed by atoms with van der Waals surface area (Å²) in [6.45, 7) is 4.14. The fourth-order valence-corrected chi connectivity index (χ4v) is 2.13. The second-order valence-corrected chi connectivity index (χ2v) is 4.97. The van der Waals surface area contributed by atoms with Gasteiger partial charge < -0.3 is 9.88 Å². The van der Waals surface area contributed by atoms with E-state index in [4.69, 9.17) is 0 Å². The van der Waals surface area contributed by atoms with Crippen LogP contribution in [0.2, 0.25) is 0 Å². The first-order valence-corrected chi connectivity index (χ1v) is 6.87. The van der Waals surface area contributed by atoms with Crippen molar-refractivity contribution in [2.75, 3.05) is 5.32 Å². The quantitative estimate of drug-likeness (QED) is 0.795. The lowest BCUT2D eigenvalue weighted by Crippen LogP contribution is -2.19. The maximum atomic E-state index is 11.9. The summed E-state index contributed by atoms with van der Waals surface area (Å²) in [6.07, 6.45) is 4.70. The number of amides is 1. The molecule has 0 spiro atoms. The second-order valence-electron chi connectivity index (χ2n) is 4.97. The lowest BCUT2D eigenvalue weighted by Gasteiger charge is -2.08. The van der Waals surface area contributed by atoms with Gasteiger partial charge in [-0.05, 0) is 38.1 Å². The van der Waals surface area contributed by atoms with E-state index in [1.54, 1.807) is 6.33 Å². The molecular weight excluding hydrogens is 280 g/mol. The first kappa shape index (κ1) is 14.0. The highest BCUT2D eigenvalue weighted by atomic mass is 16.2. The van der Waals surface area contributed by atoms with Gasteiger partial charge in [-0.2, -0.15) is 5.10 Å². The molecule has 7 heteroatoms. The van der Waals surface area contributed by atoms with Gasteiger partial charge in [0.25, 0.3) is 0 Å². The number of hydrogen-bond donors (Lipinski definition) is 1. The monoisotopic (exact) mass is 296 g/mol. The second kappa shape index (κ2) is 5.80. The van der Waals surface area contributed by atoms with E-state index in [2.05, 4.69) is 20.4 Å². The average Bonchev–Trinajstić information content (AvgIpc) is 3.12. The van der Waals surface area contributed by atoms with Crippen molar-refractivity contribution in [3.63, 3.8) is 0 Å². The zero-order valence-electron chi connectivity index (χ0n) is 12.4. The maximum absolute atomic E-state index is 11.9. The van der Waals surface area contributed by atoms with Crippen LogP contribution in [0.5, 0.6) is 0 Å². The highest BCUT2D eigenvalue weighted by molar-refractivity contribution is 5.90. The average molecular weight is 296 g/mol. The molecule has 2 heterocycles. The molecule has 0 saturated heterocycles. The Kier molecular flexibility index (Phi) is 3.69. The molecule has 7 nitrogen and oxygen atoms in total. The van der Waals surface area contributed by atoms with Gasteiger partial charge in [0.15, 0.2) is 0 Å². The van der Waals surface area contributed by atoms with E-state index >= 15 is 0 Å². The van der Waals surface area contributed by atoms with Crippen molar-refractivity contribution >= 4 is 11.6 Å². The van der Waals surface area contributed by atoms with Crippen molar-refractivity contribution in [2.24, 2.45) is 0 Å². The van der Waals surface area contributed by atoms with Crippen LogP contribution < -0.4 is 5.32 Å². The van der Waals surface area contributed by atoms with Gasteiger partial charge in [-0.1, -0.05) is 0 Å². The molecule has 3 rings (SSSR count). The molecule has 0 saturated carbocycles. The Balaban J connectivity index is 1.69. The van der Waals surface area contributed by atoms with E-state index in [-0.39, 0.29) is 12.5 Å². The van der Waals surface area contributed by atoms with E-state index in [0.29, 0.717) is 0 Å². The van der Waals surface area contributed by atoms with E-state index in [9.17, 15) is 4.79 Å². The van der Waals surface area contributed by atoms with Crippen LogP contribution in [0.1, 0.15) is 11.4 Å². The molecule has 0 unspecified atom stereocenters. The Labute approximate surface area is 127 Å². The Morgan fingerprint density at radius 3 is 2.55 bits per heavy atom. The van der Waals surface area contributed by atoms with Gasteiger partial charge in [-0.3, -0.25) is 4.79 Å². The molecule has 112 valence electrons. The third-order valence-corrected chi connectivity index (χ3v) is 3.45. The fourth-order valence-electron chi connectivity index (χ4n) is 2.13. The van der Waals surface area contributed by atoms with Crippen LogP contribution in [0.4, 0.5) is 5.69 Å². The smallest absolute Gasteiger partial charge is 0.246 e. The Bertz CT molecular complexity index is 773. The zero-order valence-corrected chi connectivity index (χ0v) is 12.4. The summed E-state index contributed by atoms with van der Waals surface area (Å²) < 4.78 is 3.48. The number of anilines is 1. The molecule has 0 aliphatic carbocycles. The summed E-state index contributed by atoms with van der Waals surface area (Å²) in [5.41, 5.74) is 3.85. The number of aryl methyl sites for hydroxylation is 1. The number of imidazole rings is 1. The highest BCUT2D eigenvalue weighted by Crippen LogP contribution is 2.16. The van der Waals surface area contributed by atoms with Crippen molar-refractivity contribution in [3.05, 3.63) is 54.6 Å². The predicted molar refractivity (Wildman–Crippen MR) is 81.7 cm³/mol. The minimum absolute atomic E-state index is 0.140. The van der Waals surface area contributed by atoms with E-state index in [1.165, 1.54) is 17.3 Å². The summed E-state index contributed by atoms with van der Waals surface area (Å²) in [6, 6.07) is 7.62. The van der Waals surface area contributed by atoms with E-state index in [0.717, 1.165) is 22.8 Å². The van der Waals surface area contributed by atoms with Crippen LogP contribution in [0.25, 0.3) is 5.69 Å². The van der Waals surface area contributed by atoms with E-state index < -0.39 is 0 Å². The largest absolute Gasteiger partial charge is 0.324 e. The molecule has 3 aromatic rings. The predicted octanol–water partition coefficient (Wildman–Crippen LogP) is 1.72. The maximum Gasteiger partial charge on any atom is 0.246 e. The zero-order chi connectivity index (χ0) is 15.5. The van der Waals surface area contributed by atoms with Crippen LogP contribution in [-0.4, -0.2) is 30.2 Å². The molecule has 22 heavy (non-hydrogen) atoms. The first-order chi connectivity index (χ1) is 10.6. The molecule has 0 bridgehead atoms. The molecule has 1 amide bonds. The van der Waals surface area contributed by atoms with Gasteiger partial charge >= 0.3 is 0 Å². The van der Waals surface area contributed by atoms with Crippen LogP contribution in [-0.2, 0) is 11.3 Å². The SMILES string of the molecule is Cc1ncn(-c2ccc(NC(=O)Cn3cncn3)cc2)c1C. The van der Waals surface area contributed by atoms with Crippen LogP contribution in [0, 0.1) is 13.8 Å². The van der Waals surface area contributed by atoms with Crippen LogP contribution in [0.3, 0.4) is 0 Å². The topological polar surface area (TPSA) is 77.6 Å². The molecule has 0 fully saturated rings. The van der Waals surface area contributed by atoms with Crippen LogP contribution >= 0.6 is 0 Å². The van der Waals surface area contributed by atoms with Crippen molar-refractivity contribution in [2.45, 2.75) is 20.4 Å². The summed E-state index contributed by atoms with van der Waals surface area (Å²) in [5, 5.41) is 6.72. The Morgan fingerprint density at radius 1 is 1.18 bits per heavy atom. The molecule has 0 atom stereocenters. The molecule has 2 aromatic heterocycles. The van der Waals surface area contributed by atoms with Gasteiger partial charge in [-0.25, -0.2) is 14.6 Å². The molecule has 1 aromatic carbocycles. The highest BCUT2D eigenvalue weighted by Gasteiger charge is 2.06. The molecule has 0 aliphatic rings. The molecule has 1 N–H and O–H groups in total. The van der Waals surface area contributed by atoms with Crippen molar-refractivity contribution in [1.82, 2.24) is 24.3 Å². The van der Waals surface area contributed by atoms with Gasteiger partial charge in [0.2, 0.25) is 5.91 Å². The van der Waals surface area contributed by atoms with Gasteiger partial charge in [0, 0.05) is 17.1 Å². The number of rotatable bonds is 4. The van der Waals surface area contributed by atoms with Crippen molar-refractivity contribution < 1.29 is 4.79 Å². The summed E-state index contributed by atoms with van der Waals surface area (Å²) in [5.74, 6) is -0.145. The third-order valence-electron chi connectivity index (χ3n) is 3.45. The Morgan fingerprint density at radius 2 is 1.95 bits per heavy atom. The first-order valence-electron chi connectivity index (χ1n) is 6.87. The standard InChI is InChI=1S/C15H16N6O/c1-11-12(2)21(10-17-11)14-5-3-13(4-6-14)19-15(22)7-20-9-16-8-18-20/h3-6,8-10H,7H2,1-2H3,(H,19,22). The number of nitrogens with zero attached hydrogens (tertiary/aromatic N) is 5. The summed E-state index contributed by atoms with van der Waals surface area (Å²) in [7, 11) is 0. The number of carbonyl (C=O) groups is 1. The minimum Gasteiger partial charge on any atom is -0.324 e. The Hall–Kier alpha value is -2.96. The van der Waals surface area contributed by atoms with Crippen LogP contribution in [0.15, 0.2) is 43.2 Å². The fraction of sp³-hybridized carbons (Fsp3) is 0.200. The molecule has 0 aliphatic heterocycles. The lowest BCUT2D eigenvalue weighted by molar-refractivity contribution is -0.116. The van der Waals surface area contributed by atoms with Gasteiger partial charge in [0.05, 0.1) is 12.0 Å². The number of benzene rings is 1. The molecule has 0 radical (unpaired) electrons. The number of nitrogens with one attached hydrogen (secondary N) is 1. The van der Waals surface area contributed by atoms with Gasteiger partial charge in [0.1, 0.15) is 19.2 Å². The van der Waals surface area contributed by atoms with Crippen molar-refractivity contribution in [1.29, 1.82) is 0 Å². The van der Waals surface area contributed by atoms with Crippen molar-refractivity contribution in [3.8, 4) is 5.69 Å². The summed E-state index contributed by atoms with van der Waals surface area (Å²) >= 11 is 0. The number of hydrogen-bond acceptors (Lipinski definition) is 4. The van der Waals surface area contributed by atoms with E-state index in [1.807, 2.05) is 42.7 Å². The summed E-state index contributed by atoms with van der Waals surface area (Å²) in [4.78, 5) is 20.0. The molecular formula is C15H16N6O.